The van der Waals surface area contributed by atoms with Crippen LogP contribution in [-0.4, -0.2) is 22.9 Å². The zero-order valence-corrected chi connectivity index (χ0v) is 18.5. The zero-order valence-electron chi connectivity index (χ0n) is 16.3. The van der Waals surface area contributed by atoms with Crippen LogP contribution in [0.1, 0.15) is 41.7 Å². The molecule has 1 aliphatic heterocycles. The third-order valence-corrected chi connectivity index (χ3v) is 5.61. The molecule has 0 atom stereocenters. The Morgan fingerprint density at radius 2 is 1.96 bits per heavy atom. The molecule has 0 aliphatic carbocycles. The molecule has 0 amide bonds. The largest absolute Gasteiger partial charge is 0.496 e. The molecule has 2 aromatic carbocycles. The Kier molecular flexibility index (Phi) is 6.47. The summed E-state index contributed by atoms with van der Waals surface area (Å²) in [4.78, 5) is 0. The zero-order chi connectivity index (χ0) is 20.3. The summed E-state index contributed by atoms with van der Waals surface area (Å²) in [6.07, 6.45) is 4.86. The van der Waals surface area contributed by atoms with Crippen LogP contribution in [0.2, 0.25) is 0 Å². The molecule has 0 aromatic heterocycles. The van der Waals surface area contributed by atoms with E-state index in [1.807, 2.05) is 32.0 Å². The lowest BCUT2D eigenvalue weighted by Gasteiger charge is -2.28. The van der Waals surface area contributed by atoms with Crippen molar-refractivity contribution in [3.8, 4) is 11.5 Å². The molecule has 0 saturated heterocycles. The molecular weight excluding hydrogens is 467 g/mol. The molecule has 1 aliphatic rings. The van der Waals surface area contributed by atoms with E-state index in [1.165, 1.54) is 0 Å². The van der Waals surface area contributed by atoms with Gasteiger partial charge in [-0.25, -0.2) is 0 Å². The summed E-state index contributed by atoms with van der Waals surface area (Å²) in [5, 5.41) is 19.3. The molecule has 0 fully saturated rings. The Labute approximate surface area is 179 Å². The van der Waals surface area contributed by atoms with Crippen LogP contribution in [0.25, 0.3) is 11.6 Å². The van der Waals surface area contributed by atoms with Gasteiger partial charge in [-0.15, -0.1) is 0 Å². The molecule has 0 bridgehead atoms. The first-order chi connectivity index (χ1) is 13.4. The second-order valence-electron chi connectivity index (χ2n) is 7.35. The second-order valence-corrected chi connectivity index (χ2v) is 7.98. The normalized spacial score (nSPS) is 15.1. The average molecular weight is 492 g/mol. The second kappa shape index (κ2) is 8.68. The minimum absolute atomic E-state index is 0.139. The monoisotopic (exact) mass is 492 g/mol. The van der Waals surface area contributed by atoms with E-state index in [-0.39, 0.29) is 18.8 Å². The first-order valence-corrected chi connectivity index (χ1v) is 10.4. The summed E-state index contributed by atoms with van der Waals surface area (Å²) in [5.74, 6) is 1.49. The SMILES string of the molecule is COc1cc(C/C(=C/I)c2ccc3c(c2)C=CC(C)(C)O3)cc(CO)c1CO. The molecule has 28 heavy (non-hydrogen) atoms. The third-order valence-electron chi connectivity index (χ3n) is 4.85. The van der Waals surface area contributed by atoms with Gasteiger partial charge in [-0.05, 0) is 70.9 Å². The van der Waals surface area contributed by atoms with Gasteiger partial charge in [0.05, 0.1) is 20.3 Å². The fourth-order valence-electron chi connectivity index (χ4n) is 3.37. The van der Waals surface area contributed by atoms with Gasteiger partial charge in [-0.1, -0.05) is 40.8 Å². The predicted molar refractivity (Wildman–Crippen MR) is 121 cm³/mol. The van der Waals surface area contributed by atoms with E-state index in [4.69, 9.17) is 9.47 Å². The molecular formula is C23H25IO4. The van der Waals surface area contributed by atoms with Gasteiger partial charge >= 0.3 is 0 Å². The lowest BCUT2D eigenvalue weighted by atomic mass is 9.94. The number of rotatable bonds is 6. The quantitative estimate of drug-likeness (QED) is 0.565. The molecule has 4 nitrogen and oxygen atoms in total. The van der Waals surface area contributed by atoms with Crippen molar-refractivity contribution >= 4 is 34.2 Å². The van der Waals surface area contributed by atoms with E-state index < -0.39 is 0 Å². The first-order valence-electron chi connectivity index (χ1n) is 9.13. The molecule has 0 radical (unpaired) electrons. The molecule has 2 N–H and O–H groups in total. The number of hydrogen-bond donors (Lipinski definition) is 2. The summed E-state index contributed by atoms with van der Waals surface area (Å²) in [7, 11) is 1.58. The van der Waals surface area contributed by atoms with Crippen LogP contribution >= 0.6 is 22.6 Å². The number of aliphatic hydroxyl groups is 2. The number of halogens is 1. The molecule has 3 rings (SSSR count). The highest BCUT2D eigenvalue weighted by Gasteiger charge is 2.22. The van der Waals surface area contributed by atoms with Crippen molar-refractivity contribution in [3.63, 3.8) is 0 Å². The van der Waals surface area contributed by atoms with Crippen LogP contribution in [0.3, 0.4) is 0 Å². The Morgan fingerprint density at radius 1 is 1.18 bits per heavy atom. The minimum atomic E-state index is -0.290. The molecule has 0 saturated carbocycles. The molecule has 5 heteroatoms. The number of benzene rings is 2. The van der Waals surface area contributed by atoms with Crippen molar-refractivity contribution in [1.29, 1.82) is 0 Å². The number of methoxy groups -OCH3 is 1. The van der Waals surface area contributed by atoms with E-state index in [9.17, 15) is 10.2 Å². The smallest absolute Gasteiger partial charge is 0.127 e. The lowest BCUT2D eigenvalue weighted by molar-refractivity contribution is 0.159. The maximum Gasteiger partial charge on any atom is 0.127 e. The van der Waals surface area contributed by atoms with Crippen LogP contribution in [0.15, 0.2) is 40.5 Å². The molecule has 0 spiro atoms. The average Bonchev–Trinajstić information content (AvgIpc) is 2.70. The fourth-order valence-corrected chi connectivity index (χ4v) is 3.95. The van der Waals surface area contributed by atoms with Crippen molar-refractivity contribution in [3.05, 3.63) is 68.3 Å². The standard InChI is InChI=1S/C23H25IO4/c1-23(2)7-6-17-11-16(4-5-21(17)28-23)18(12-24)8-15-9-19(13-25)20(14-26)22(10-15)27-3/h4-7,9-12,25-26H,8,13-14H2,1-3H3/b18-12-. The van der Waals surface area contributed by atoms with Gasteiger partial charge in [0.15, 0.2) is 0 Å². The van der Waals surface area contributed by atoms with Gasteiger partial charge in [-0.2, -0.15) is 0 Å². The van der Waals surface area contributed by atoms with Crippen molar-refractivity contribution in [2.75, 3.05) is 7.11 Å². The van der Waals surface area contributed by atoms with Crippen molar-refractivity contribution < 1.29 is 19.7 Å². The molecule has 148 valence electrons. The Balaban J connectivity index is 1.92. The maximum absolute atomic E-state index is 9.67. The Bertz CT molecular complexity index is 903. The topological polar surface area (TPSA) is 58.9 Å². The van der Waals surface area contributed by atoms with E-state index in [2.05, 4.69) is 51.0 Å². The van der Waals surface area contributed by atoms with E-state index in [1.54, 1.807) is 7.11 Å². The van der Waals surface area contributed by atoms with Crippen LogP contribution in [0.5, 0.6) is 11.5 Å². The van der Waals surface area contributed by atoms with Crippen LogP contribution in [-0.2, 0) is 19.6 Å². The van der Waals surface area contributed by atoms with Gasteiger partial charge in [0.1, 0.15) is 17.1 Å². The highest BCUT2D eigenvalue weighted by molar-refractivity contribution is 14.1. The molecule has 1 heterocycles. The summed E-state index contributed by atoms with van der Waals surface area (Å²) in [6.45, 7) is 3.78. The van der Waals surface area contributed by atoms with Gasteiger partial charge < -0.3 is 19.7 Å². The minimum Gasteiger partial charge on any atom is -0.496 e. The van der Waals surface area contributed by atoms with Crippen LogP contribution < -0.4 is 9.47 Å². The number of hydrogen-bond acceptors (Lipinski definition) is 4. The number of allylic oxidation sites excluding steroid dienone is 1. The fraction of sp³-hybridized carbons (Fsp3) is 0.304. The van der Waals surface area contributed by atoms with Gasteiger partial charge in [0, 0.05) is 11.1 Å². The Hall–Kier alpha value is -1.83. The number of aliphatic hydroxyl groups excluding tert-OH is 2. The summed E-state index contributed by atoms with van der Waals surface area (Å²) in [6, 6.07) is 10.1. The van der Waals surface area contributed by atoms with E-state index >= 15 is 0 Å². The molecule has 0 unspecified atom stereocenters. The van der Waals surface area contributed by atoms with Gasteiger partial charge in [0.2, 0.25) is 0 Å². The van der Waals surface area contributed by atoms with E-state index in [0.29, 0.717) is 23.3 Å². The maximum atomic E-state index is 9.67. The number of fused-ring (bicyclic) bond motifs is 1. The van der Waals surface area contributed by atoms with Gasteiger partial charge in [0.25, 0.3) is 0 Å². The lowest BCUT2D eigenvalue weighted by Crippen LogP contribution is -2.27. The van der Waals surface area contributed by atoms with Crippen molar-refractivity contribution in [1.82, 2.24) is 0 Å². The Morgan fingerprint density at radius 3 is 2.61 bits per heavy atom. The number of ether oxygens (including phenoxy) is 2. The van der Waals surface area contributed by atoms with Crippen LogP contribution in [0.4, 0.5) is 0 Å². The molecule has 2 aromatic rings. The van der Waals surface area contributed by atoms with Crippen molar-refractivity contribution in [2.24, 2.45) is 0 Å². The third kappa shape index (κ3) is 4.42. The van der Waals surface area contributed by atoms with Crippen molar-refractivity contribution in [2.45, 2.75) is 39.1 Å². The van der Waals surface area contributed by atoms with Crippen LogP contribution in [0, 0.1) is 0 Å². The highest BCUT2D eigenvalue weighted by Crippen LogP contribution is 2.34. The summed E-state index contributed by atoms with van der Waals surface area (Å²) in [5.41, 5.74) is 5.40. The first kappa shape index (κ1) is 20.9. The predicted octanol–water partition coefficient (Wildman–Crippen LogP) is 4.88. The van der Waals surface area contributed by atoms with E-state index in [0.717, 1.165) is 28.0 Å². The highest BCUT2D eigenvalue weighted by atomic mass is 127. The van der Waals surface area contributed by atoms with Gasteiger partial charge in [-0.3, -0.25) is 0 Å². The summed E-state index contributed by atoms with van der Waals surface area (Å²) >= 11 is 2.26. The summed E-state index contributed by atoms with van der Waals surface area (Å²) < 4.78 is 13.5.